The van der Waals surface area contributed by atoms with Crippen molar-refractivity contribution >= 4 is 16.7 Å². The van der Waals surface area contributed by atoms with Crippen LogP contribution in [0.3, 0.4) is 0 Å². The van der Waals surface area contributed by atoms with Gasteiger partial charge in [-0.05, 0) is 19.3 Å². The lowest BCUT2D eigenvalue weighted by molar-refractivity contribution is 0.702. The Morgan fingerprint density at radius 2 is 2.43 bits per heavy atom. The second-order valence-corrected chi connectivity index (χ2v) is 4.47. The fourth-order valence-corrected chi connectivity index (χ4v) is 2.03. The molecule has 1 aliphatic rings. The molecule has 1 heterocycles. The van der Waals surface area contributed by atoms with Crippen LogP contribution in [-0.4, -0.2) is 21.9 Å². The number of rotatable bonds is 5. The number of nitrogens with one attached hydrogen (secondary N) is 1. The molecular weight excluding hydrogens is 196 g/mol. The van der Waals surface area contributed by atoms with E-state index in [1.807, 2.05) is 0 Å². The van der Waals surface area contributed by atoms with E-state index in [0.717, 1.165) is 17.4 Å². The number of hydrogen-bond acceptors (Lipinski definition) is 5. The Kier molecular flexibility index (Phi) is 2.98. The Bertz CT molecular complexity index is 291. The Morgan fingerprint density at radius 3 is 3.00 bits per heavy atom. The van der Waals surface area contributed by atoms with Crippen molar-refractivity contribution in [3.8, 4) is 0 Å². The Balaban J connectivity index is 1.94. The highest BCUT2D eigenvalue weighted by molar-refractivity contribution is 7.09. The zero-order valence-electron chi connectivity index (χ0n) is 8.36. The average molecular weight is 212 g/mol. The summed E-state index contributed by atoms with van der Waals surface area (Å²) in [5.74, 6) is 1.66. The van der Waals surface area contributed by atoms with Crippen LogP contribution in [0.25, 0.3) is 0 Å². The van der Waals surface area contributed by atoms with Gasteiger partial charge >= 0.3 is 0 Å². The SMILES string of the molecule is CCC(CN)Nc1nc(C2CC2)ns1. The van der Waals surface area contributed by atoms with Gasteiger partial charge in [0.05, 0.1) is 0 Å². The van der Waals surface area contributed by atoms with E-state index in [0.29, 0.717) is 18.5 Å². The molecule has 0 aliphatic heterocycles. The molecule has 1 aromatic rings. The molecule has 3 N–H and O–H groups in total. The van der Waals surface area contributed by atoms with Crippen molar-refractivity contribution in [1.82, 2.24) is 9.36 Å². The second kappa shape index (κ2) is 4.23. The van der Waals surface area contributed by atoms with Gasteiger partial charge < -0.3 is 11.1 Å². The first-order valence-corrected chi connectivity index (χ1v) is 5.91. The number of aromatic nitrogens is 2. The summed E-state index contributed by atoms with van der Waals surface area (Å²) in [5.41, 5.74) is 5.60. The minimum atomic E-state index is 0.329. The van der Waals surface area contributed by atoms with Crippen LogP contribution in [0.1, 0.15) is 37.9 Å². The minimum Gasteiger partial charge on any atom is -0.356 e. The monoisotopic (exact) mass is 212 g/mol. The molecular formula is C9H16N4S. The molecule has 1 saturated carbocycles. The third-order valence-electron chi connectivity index (χ3n) is 2.49. The molecule has 0 spiro atoms. The molecule has 1 fully saturated rings. The van der Waals surface area contributed by atoms with Gasteiger partial charge in [0.1, 0.15) is 5.82 Å². The molecule has 5 heteroatoms. The summed E-state index contributed by atoms with van der Waals surface area (Å²) in [6, 6.07) is 0.329. The van der Waals surface area contributed by atoms with Crippen LogP contribution in [0.5, 0.6) is 0 Å². The maximum atomic E-state index is 5.60. The molecule has 0 saturated heterocycles. The van der Waals surface area contributed by atoms with E-state index in [4.69, 9.17) is 5.73 Å². The van der Waals surface area contributed by atoms with Gasteiger partial charge in [0.15, 0.2) is 0 Å². The predicted molar refractivity (Wildman–Crippen MR) is 58.6 cm³/mol. The molecule has 0 bridgehead atoms. The molecule has 0 radical (unpaired) electrons. The molecule has 0 aromatic carbocycles. The van der Waals surface area contributed by atoms with E-state index in [1.165, 1.54) is 24.4 Å². The van der Waals surface area contributed by atoms with Gasteiger partial charge in [-0.1, -0.05) is 6.92 Å². The largest absolute Gasteiger partial charge is 0.356 e. The van der Waals surface area contributed by atoms with Crippen molar-refractivity contribution in [2.45, 2.75) is 38.1 Å². The molecule has 1 aliphatic carbocycles. The smallest absolute Gasteiger partial charge is 0.202 e. The lowest BCUT2D eigenvalue weighted by Gasteiger charge is -2.12. The molecule has 1 atom stereocenters. The van der Waals surface area contributed by atoms with Crippen LogP contribution in [0.4, 0.5) is 5.13 Å². The molecule has 1 aromatic heterocycles. The topological polar surface area (TPSA) is 63.8 Å². The number of anilines is 1. The van der Waals surface area contributed by atoms with Crippen LogP contribution in [0.15, 0.2) is 0 Å². The first-order chi connectivity index (χ1) is 6.83. The minimum absolute atomic E-state index is 0.329. The number of hydrogen-bond donors (Lipinski definition) is 2. The quantitative estimate of drug-likeness (QED) is 0.777. The van der Waals surface area contributed by atoms with Crippen LogP contribution in [0.2, 0.25) is 0 Å². The molecule has 4 nitrogen and oxygen atoms in total. The summed E-state index contributed by atoms with van der Waals surface area (Å²) in [6.07, 6.45) is 3.53. The molecule has 78 valence electrons. The fraction of sp³-hybridized carbons (Fsp3) is 0.778. The van der Waals surface area contributed by atoms with Gasteiger partial charge in [-0.3, -0.25) is 0 Å². The average Bonchev–Trinajstić information content (AvgIpc) is 2.96. The summed E-state index contributed by atoms with van der Waals surface area (Å²) in [7, 11) is 0. The first kappa shape index (κ1) is 9.86. The van der Waals surface area contributed by atoms with Crippen LogP contribution >= 0.6 is 11.5 Å². The summed E-state index contributed by atoms with van der Waals surface area (Å²) in [6.45, 7) is 2.77. The van der Waals surface area contributed by atoms with Crippen molar-refractivity contribution in [3.05, 3.63) is 5.82 Å². The van der Waals surface area contributed by atoms with E-state index < -0.39 is 0 Å². The van der Waals surface area contributed by atoms with Gasteiger partial charge in [-0.25, -0.2) is 4.98 Å². The van der Waals surface area contributed by atoms with Crippen molar-refractivity contribution < 1.29 is 0 Å². The van der Waals surface area contributed by atoms with Gasteiger partial charge in [0.25, 0.3) is 0 Å². The van der Waals surface area contributed by atoms with E-state index in [-0.39, 0.29) is 0 Å². The summed E-state index contributed by atoms with van der Waals surface area (Å²) in [4.78, 5) is 4.45. The van der Waals surface area contributed by atoms with Crippen LogP contribution in [-0.2, 0) is 0 Å². The third-order valence-corrected chi connectivity index (χ3v) is 3.15. The number of nitrogens with zero attached hydrogens (tertiary/aromatic N) is 2. The molecule has 1 unspecified atom stereocenters. The Hall–Kier alpha value is -0.680. The zero-order chi connectivity index (χ0) is 9.97. The summed E-state index contributed by atoms with van der Waals surface area (Å²) in [5, 5.41) is 4.22. The highest BCUT2D eigenvalue weighted by atomic mass is 32.1. The normalized spacial score (nSPS) is 18.1. The standard InChI is InChI=1S/C9H16N4S/c1-2-7(5-10)11-9-12-8(13-14-9)6-3-4-6/h6-7H,2-5,10H2,1H3,(H,11,12,13). The second-order valence-electron chi connectivity index (χ2n) is 3.72. The Labute approximate surface area is 88.1 Å². The van der Waals surface area contributed by atoms with Crippen molar-refractivity contribution in [1.29, 1.82) is 0 Å². The van der Waals surface area contributed by atoms with E-state index >= 15 is 0 Å². The summed E-state index contributed by atoms with van der Waals surface area (Å²) >= 11 is 1.45. The maximum Gasteiger partial charge on any atom is 0.202 e. The van der Waals surface area contributed by atoms with Crippen molar-refractivity contribution in [2.75, 3.05) is 11.9 Å². The summed E-state index contributed by atoms with van der Waals surface area (Å²) < 4.78 is 4.33. The third kappa shape index (κ3) is 2.22. The Morgan fingerprint density at radius 1 is 1.64 bits per heavy atom. The van der Waals surface area contributed by atoms with E-state index in [9.17, 15) is 0 Å². The van der Waals surface area contributed by atoms with Crippen molar-refractivity contribution in [2.24, 2.45) is 5.73 Å². The van der Waals surface area contributed by atoms with Crippen molar-refractivity contribution in [3.63, 3.8) is 0 Å². The van der Waals surface area contributed by atoms with Gasteiger partial charge in [0, 0.05) is 30.0 Å². The fourth-order valence-electron chi connectivity index (χ4n) is 1.30. The molecule has 2 rings (SSSR count). The van der Waals surface area contributed by atoms with E-state index in [2.05, 4.69) is 21.6 Å². The zero-order valence-corrected chi connectivity index (χ0v) is 9.18. The van der Waals surface area contributed by atoms with Crippen LogP contribution in [0, 0.1) is 0 Å². The first-order valence-electron chi connectivity index (χ1n) is 5.13. The highest BCUT2D eigenvalue weighted by Crippen LogP contribution is 2.39. The number of nitrogens with two attached hydrogens (primary N) is 1. The lowest BCUT2D eigenvalue weighted by Crippen LogP contribution is -2.27. The van der Waals surface area contributed by atoms with E-state index in [1.54, 1.807) is 0 Å². The maximum absolute atomic E-state index is 5.60. The van der Waals surface area contributed by atoms with Gasteiger partial charge in [0.2, 0.25) is 5.13 Å². The molecule has 0 amide bonds. The predicted octanol–water partition coefficient (Wildman–Crippen LogP) is 1.56. The molecule has 14 heavy (non-hydrogen) atoms. The lowest BCUT2D eigenvalue weighted by atomic mass is 10.2. The van der Waals surface area contributed by atoms with Gasteiger partial charge in [-0.15, -0.1) is 0 Å². The van der Waals surface area contributed by atoms with Gasteiger partial charge in [-0.2, -0.15) is 4.37 Å². The highest BCUT2D eigenvalue weighted by Gasteiger charge is 2.27. The van der Waals surface area contributed by atoms with Crippen LogP contribution < -0.4 is 11.1 Å².